The first-order valence-corrected chi connectivity index (χ1v) is 7.53. The van der Waals surface area contributed by atoms with Gasteiger partial charge < -0.3 is 5.32 Å². The van der Waals surface area contributed by atoms with Crippen LogP contribution < -0.4 is 5.32 Å². The highest BCUT2D eigenvalue weighted by Gasteiger charge is 2.13. The zero-order chi connectivity index (χ0) is 13.7. The van der Waals surface area contributed by atoms with Gasteiger partial charge in [0.15, 0.2) is 0 Å². The van der Waals surface area contributed by atoms with Gasteiger partial charge in [0, 0.05) is 15.4 Å². The summed E-state index contributed by atoms with van der Waals surface area (Å²) in [7, 11) is 1.99. The van der Waals surface area contributed by atoms with E-state index in [-0.39, 0.29) is 0 Å². The number of hydrogen-bond acceptors (Lipinski definition) is 1. The molecule has 0 fully saturated rings. The molecule has 0 aliphatic rings. The molecule has 0 saturated heterocycles. The summed E-state index contributed by atoms with van der Waals surface area (Å²) in [5.74, 6) is 0.401. The maximum Gasteiger partial charge on any atom is 0.0406 e. The average molecular weight is 339 g/mol. The lowest BCUT2D eigenvalue weighted by Crippen LogP contribution is -2.13. The smallest absolute Gasteiger partial charge is 0.0406 e. The standard InChI is InChI=1S/C16H17BrClN/c1-19-11-10-16(12-2-6-14(17)7-3-12)13-4-8-15(18)9-5-13/h2-9,16,19H,10-11H2,1H3. The molecule has 1 N–H and O–H groups in total. The van der Waals surface area contributed by atoms with Crippen LogP contribution in [0, 0.1) is 0 Å². The largest absolute Gasteiger partial charge is 0.320 e. The average Bonchev–Trinajstić information content (AvgIpc) is 2.43. The highest BCUT2D eigenvalue weighted by Crippen LogP contribution is 2.29. The minimum Gasteiger partial charge on any atom is -0.320 e. The number of nitrogens with one attached hydrogen (secondary N) is 1. The van der Waals surface area contributed by atoms with Gasteiger partial charge in [0.05, 0.1) is 0 Å². The Morgan fingerprint density at radius 3 is 2.05 bits per heavy atom. The fraction of sp³-hybridized carbons (Fsp3) is 0.250. The first-order valence-electron chi connectivity index (χ1n) is 6.36. The molecule has 0 spiro atoms. The van der Waals surface area contributed by atoms with Crippen LogP contribution in [0.2, 0.25) is 5.02 Å². The molecule has 0 amide bonds. The SMILES string of the molecule is CNCCC(c1ccc(Cl)cc1)c1ccc(Br)cc1. The third kappa shape index (κ3) is 4.07. The van der Waals surface area contributed by atoms with Gasteiger partial charge in [-0.1, -0.05) is 51.8 Å². The van der Waals surface area contributed by atoms with E-state index in [0.717, 1.165) is 22.5 Å². The van der Waals surface area contributed by atoms with Crippen molar-refractivity contribution < 1.29 is 0 Å². The second kappa shape index (κ2) is 7.09. The molecule has 1 atom stereocenters. The lowest BCUT2D eigenvalue weighted by Gasteiger charge is -2.18. The molecule has 0 saturated carbocycles. The zero-order valence-corrected chi connectivity index (χ0v) is 13.2. The van der Waals surface area contributed by atoms with Crippen molar-refractivity contribution in [1.29, 1.82) is 0 Å². The Kier molecular flexibility index (Phi) is 5.44. The second-order valence-electron chi connectivity index (χ2n) is 4.55. The molecule has 2 aromatic carbocycles. The van der Waals surface area contributed by atoms with Gasteiger partial charge in [-0.15, -0.1) is 0 Å². The molecule has 0 heterocycles. The number of halogens is 2. The topological polar surface area (TPSA) is 12.0 Å². The van der Waals surface area contributed by atoms with E-state index in [1.807, 2.05) is 19.2 Å². The van der Waals surface area contributed by atoms with Gasteiger partial charge in [0.25, 0.3) is 0 Å². The third-order valence-electron chi connectivity index (χ3n) is 3.23. The Morgan fingerprint density at radius 2 is 1.53 bits per heavy atom. The molecule has 100 valence electrons. The van der Waals surface area contributed by atoms with Crippen LogP contribution in [0.3, 0.4) is 0 Å². The summed E-state index contributed by atoms with van der Waals surface area (Å²) >= 11 is 9.45. The summed E-state index contributed by atoms with van der Waals surface area (Å²) < 4.78 is 1.11. The molecule has 0 aromatic heterocycles. The van der Waals surface area contributed by atoms with Gasteiger partial charge in [-0.05, 0) is 55.4 Å². The van der Waals surface area contributed by atoms with Crippen LogP contribution in [0.4, 0.5) is 0 Å². The van der Waals surface area contributed by atoms with Crippen LogP contribution >= 0.6 is 27.5 Å². The van der Waals surface area contributed by atoms with E-state index in [9.17, 15) is 0 Å². The first-order chi connectivity index (χ1) is 9.20. The van der Waals surface area contributed by atoms with Gasteiger partial charge in [-0.25, -0.2) is 0 Å². The van der Waals surface area contributed by atoms with E-state index < -0.39 is 0 Å². The molecular formula is C16H17BrClN. The minimum absolute atomic E-state index is 0.401. The van der Waals surface area contributed by atoms with Crippen molar-refractivity contribution in [3.63, 3.8) is 0 Å². The van der Waals surface area contributed by atoms with Crippen molar-refractivity contribution in [2.24, 2.45) is 0 Å². The highest BCUT2D eigenvalue weighted by atomic mass is 79.9. The van der Waals surface area contributed by atoms with Crippen molar-refractivity contribution in [2.75, 3.05) is 13.6 Å². The molecule has 0 radical (unpaired) electrons. The van der Waals surface area contributed by atoms with Gasteiger partial charge >= 0.3 is 0 Å². The first kappa shape index (κ1) is 14.6. The van der Waals surface area contributed by atoms with Gasteiger partial charge in [0.2, 0.25) is 0 Å². The highest BCUT2D eigenvalue weighted by molar-refractivity contribution is 9.10. The monoisotopic (exact) mass is 337 g/mol. The van der Waals surface area contributed by atoms with Crippen molar-refractivity contribution in [3.8, 4) is 0 Å². The van der Waals surface area contributed by atoms with Crippen LogP contribution in [0.15, 0.2) is 53.0 Å². The molecule has 0 aliphatic carbocycles. The van der Waals surface area contributed by atoms with Crippen LogP contribution in [-0.2, 0) is 0 Å². The predicted molar refractivity (Wildman–Crippen MR) is 86.0 cm³/mol. The van der Waals surface area contributed by atoms with E-state index in [2.05, 4.69) is 57.6 Å². The molecule has 19 heavy (non-hydrogen) atoms. The lowest BCUT2D eigenvalue weighted by molar-refractivity contribution is 0.661. The van der Waals surface area contributed by atoms with E-state index >= 15 is 0 Å². The summed E-state index contributed by atoms with van der Waals surface area (Å²) in [5, 5.41) is 4.01. The number of benzene rings is 2. The van der Waals surface area contributed by atoms with E-state index in [4.69, 9.17) is 11.6 Å². The van der Waals surface area contributed by atoms with Crippen LogP contribution in [0.1, 0.15) is 23.5 Å². The van der Waals surface area contributed by atoms with Crippen molar-refractivity contribution in [2.45, 2.75) is 12.3 Å². The maximum atomic E-state index is 5.97. The van der Waals surface area contributed by atoms with Crippen molar-refractivity contribution in [3.05, 3.63) is 69.2 Å². The maximum absolute atomic E-state index is 5.97. The predicted octanol–water partition coefficient (Wildman–Crippen LogP) is 4.84. The van der Waals surface area contributed by atoms with Crippen molar-refractivity contribution in [1.82, 2.24) is 5.32 Å². The minimum atomic E-state index is 0.401. The van der Waals surface area contributed by atoms with E-state index in [1.165, 1.54) is 11.1 Å². The molecule has 2 rings (SSSR count). The summed E-state index contributed by atoms with van der Waals surface area (Å²) in [6.07, 6.45) is 1.07. The van der Waals surface area contributed by atoms with Gasteiger partial charge in [0.1, 0.15) is 0 Å². The quantitative estimate of drug-likeness (QED) is 0.822. The van der Waals surface area contributed by atoms with E-state index in [1.54, 1.807) is 0 Å². The molecule has 2 aromatic rings. The van der Waals surface area contributed by atoms with E-state index in [0.29, 0.717) is 5.92 Å². The molecule has 1 nitrogen and oxygen atoms in total. The second-order valence-corrected chi connectivity index (χ2v) is 5.90. The molecule has 0 bridgehead atoms. The zero-order valence-electron chi connectivity index (χ0n) is 10.9. The summed E-state index contributed by atoms with van der Waals surface area (Å²) in [6, 6.07) is 16.7. The number of hydrogen-bond donors (Lipinski definition) is 1. The molecular weight excluding hydrogens is 322 g/mol. The summed E-state index contributed by atoms with van der Waals surface area (Å²) in [5.41, 5.74) is 2.64. The Bertz CT molecular complexity index is 462. The fourth-order valence-electron chi connectivity index (χ4n) is 2.20. The van der Waals surface area contributed by atoms with Crippen LogP contribution in [0.25, 0.3) is 0 Å². The fourth-order valence-corrected chi connectivity index (χ4v) is 2.59. The molecule has 0 aliphatic heterocycles. The summed E-state index contributed by atoms with van der Waals surface area (Å²) in [4.78, 5) is 0. The van der Waals surface area contributed by atoms with Crippen molar-refractivity contribution >= 4 is 27.5 Å². The Morgan fingerprint density at radius 1 is 1.00 bits per heavy atom. The lowest BCUT2D eigenvalue weighted by atomic mass is 9.88. The Labute approximate surface area is 128 Å². The van der Waals surface area contributed by atoms with Gasteiger partial charge in [-0.2, -0.15) is 0 Å². The van der Waals surface area contributed by atoms with Gasteiger partial charge in [-0.3, -0.25) is 0 Å². The molecule has 3 heteroatoms. The normalized spacial score (nSPS) is 12.4. The molecule has 1 unspecified atom stereocenters. The third-order valence-corrected chi connectivity index (χ3v) is 4.01. The summed E-state index contributed by atoms with van der Waals surface area (Å²) in [6.45, 7) is 0.989. The number of rotatable bonds is 5. The Hall–Kier alpha value is -0.830. The Balaban J connectivity index is 2.29. The van der Waals surface area contributed by atoms with Crippen LogP contribution in [0.5, 0.6) is 0 Å². The van der Waals surface area contributed by atoms with Crippen LogP contribution in [-0.4, -0.2) is 13.6 Å².